The number of methoxy groups -OCH3 is 2. The monoisotopic (exact) mass is 466 g/mol. The third kappa shape index (κ3) is 7.47. The first kappa shape index (κ1) is 24.0. The van der Waals surface area contributed by atoms with E-state index in [1.54, 1.807) is 50.6 Å². The lowest BCUT2D eigenvalue weighted by Crippen LogP contribution is -2.22. The number of rotatable bonds is 10. The Morgan fingerprint density at radius 3 is 2.18 bits per heavy atom. The molecule has 0 heterocycles. The molecule has 1 unspecified atom stereocenters. The number of para-hydroxylation sites is 1. The van der Waals surface area contributed by atoms with Gasteiger partial charge in [0.1, 0.15) is 17.2 Å². The molecule has 0 fully saturated rings. The summed E-state index contributed by atoms with van der Waals surface area (Å²) in [5.41, 5.74) is 1.22. The van der Waals surface area contributed by atoms with E-state index in [0.717, 1.165) is 4.90 Å². The highest BCUT2D eigenvalue weighted by molar-refractivity contribution is 8.00. The summed E-state index contributed by atoms with van der Waals surface area (Å²) in [7, 11) is 3.11. The molecular formula is C25H26N2O5S. The summed E-state index contributed by atoms with van der Waals surface area (Å²) in [6.45, 7) is 1.72. The van der Waals surface area contributed by atoms with Gasteiger partial charge in [-0.2, -0.15) is 0 Å². The second-order valence-corrected chi connectivity index (χ2v) is 8.44. The predicted molar refractivity (Wildman–Crippen MR) is 131 cm³/mol. The zero-order chi connectivity index (χ0) is 23.6. The Morgan fingerprint density at radius 1 is 0.818 bits per heavy atom. The van der Waals surface area contributed by atoms with Crippen molar-refractivity contribution >= 4 is 35.0 Å². The smallest absolute Gasteiger partial charge is 0.262 e. The molecule has 0 aliphatic rings. The molecule has 2 amide bonds. The van der Waals surface area contributed by atoms with E-state index in [0.29, 0.717) is 28.6 Å². The van der Waals surface area contributed by atoms with Crippen LogP contribution in [0.1, 0.15) is 6.92 Å². The third-order valence-electron chi connectivity index (χ3n) is 4.53. The van der Waals surface area contributed by atoms with Crippen molar-refractivity contribution in [2.24, 2.45) is 0 Å². The largest absolute Gasteiger partial charge is 0.497 e. The third-order valence-corrected chi connectivity index (χ3v) is 5.63. The lowest BCUT2D eigenvalue weighted by molar-refractivity contribution is -0.118. The maximum atomic E-state index is 12.7. The van der Waals surface area contributed by atoms with Crippen LogP contribution < -0.4 is 24.8 Å². The Labute approximate surface area is 197 Å². The highest BCUT2D eigenvalue weighted by Crippen LogP contribution is 2.29. The van der Waals surface area contributed by atoms with Crippen molar-refractivity contribution in [3.8, 4) is 17.2 Å². The summed E-state index contributed by atoms with van der Waals surface area (Å²) < 4.78 is 16.0. The Kier molecular flexibility index (Phi) is 8.60. The number of ether oxygens (including phenoxy) is 3. The highest BCUT2D eigenvalue weighted by Gasteiger charge is 2.16. The van der Waals surface area contributed by atoms with Crippen molar-refractivity contribution in [1.29, 1.82) is 0 Å². The van der Waals surface area contributed by atoms with Crippen LogP contribution in [0.4, 0.5) is 11.4 Å². The summed E-state index contributed by atoms with van der Waals surface area (Å²) in [6, 6.07) is 21.7. The van der Waals surface area contributed by atoms with Crippen LogP contribution in [0.3, 0.4) is 0 Å². The summed E-state index contributed by atoms with van der Waals surface area (Å²) in [6.07, 6.45) is 0. The molecule has 3 aromatic carbocycles. The van der Waals surface area contributed by atoms with Gasteiger partial charge in [0.05, 0.1) is 19.5 Å². The lowest BCUT2D eigenvalue weighted by atomic mass is 10.2. The van der Waals surface area contributed by atoms with Crippen molar-refractivity contribution in [2.75, 3.05) is 31.5 Å². The number of carbonyl (C=O) groups excluding carboxylic acids is 2. The number of amides is 2. The number of nitrogens with one attached hydrogen (secondary N) is 2. The molecule has 0 bridgehead atoms. The van der Waals surface area contributed by atoms with Crippen molar-refractivity contribution in [3.63, 3.8) is 0 Å². The number of thioether (sulfide) groups is 1. The highest BCUT2D eigenvalue weighted by atomic mass is 32.2. The van der Waals surface area contributed by atoms with Crippen molar-refractivity contribution in [1.82, 2.24) is 0 Å². The van der Waals surface area contributed by atoms with Crippen molar-refractivity contribution < 1.29 is 23.8 Å². The van der Waals surface area contributed by atoms with Crippen molar-refractivity contribution in [3.05, 3.63) is 72.8 Å². The molecule has 172 valence electrons. The van der Waals surface area contributed by atoms with Crippen molar-refractivity contribution in [2.45, 2.75) is 17.1 Å². The molecule has 33 heavy (non-hydrogen) atoms. The van der Waals surface area contributed by atoms with E-state index in [1.165, 1.54) is 11.8 Å². The molecule has 7 nitrogen and oxygen atoms in total. The average molecular weight is 467 g/mol. The fourth-order valence-corrected chi connectivity index (χ4v) is 3.82. The molecule has 2 N–H and O–H groups in total. The Morgan fingerprint density at radius 2 is 1.52 bits per heavy atom. The molecule has 0 saturated carbocycles. The quantitative estimate of drug-likeness (QED) is 0.416. The van der Waals surface area contributed by atoms with Gasteiger partial charge in [0.2, 0.25) is 5.91 Å². The molecule has 0 spiro atoms. The number of carbonyl (C=O) groups is 2. The first-order chi connectivity index (χ1) is 16.0. The van der Waals surface area contributed by atoms with Gasteiger partial charge < -0.3 is 24.8 Å². The lowest BCUT2D eigenvalue weighted by Gasteiger charge is -2.14. The van der Waals surface area contributed by atoms with Gasteiger partial charge in [0.15, 0.2) is 6.61 Å². The minimum atomic E-state index is -0.380. The summed E-state index contributed by atoms with van der Waals surface area (Å²) in [5, 5.41) is 5.32. The van der Waals surface area contributed by atoms with Crippen LogP contribution in [0.25, 0.3) is 0 Å². The summed E-state index contributed by atoms with van der Waals surface area (Å²) >= 11 is 1.39. The van der Waals surface area contributed by atoms with Gasteiger partial charge in [-0.15, -0.1) is 11.8 Å². The van der Waals surface area contributed by atoms with Gasteiger partial charge in [0, 0.05) is 34.5 Å². The summed E-state index contributed by atoms with van der Waals surface area (Å²) in [4.78, 5) is 25.8. The minimum Gasteiger partial charge on any atom is -0.497 e. The number of anilines is 2. The molecule has 3 rings (SSSR count). The Balaban J connectivity index is 1.55. The van der Waals surface area contributed by atoms with Gasteiger partial charge >= 0.3 is 0 Å². The van der Waals surface area contributed by atoms with Crippen LogP contribution >= 0.6 is 11.8 Å². The van der Waals surface area contributed by atoms with E-state index < -0.39 is 0 Å². The van der Waals surface area contributed by atoms with E-state index in [2.05, 4.69) is 10.6 Å². The fraction of sp³-hybridized carbons (Fsp3) is 0.200. The maximum absolute atomic E-state index is 12.7. The number of benzene rings is 3. The van der Waals surface area contributed by atoms with Crippen LogP contribution in [-0.2, 0) is 9.59 Å². The average Bonchev–Trinajstić information content (AvgIpc) is 2.83. The Bertz CT molecular complexity index is 1070. The molecular weight excluding hydrogens is 440 g/mol. The second kappa shape index (κ2) is 11.8. The predicted octanol–water partition coefficient (Wildman–Crippen LogP) is 4.84. The molecule has 0 aliphatic heterocycles. The van der Waals surface area contributed by atoms with Gasteiger partial charge in [-0.05, 0) is 37.3 Å². The van der Waals surface area contributed by atoms with E-state index in [1.807, 2.05) is 43.3 Å². The minimum absolute atomic E-state index is 0.0931. The van der Waals surface area contributed by atoms with Gasteiger partial charge in [-0.3, -0.25) is 9.59 Å². The number of hydrogen-bond acceptors (Lipinski definition) is 6. The molecule has 0 radical (unpaired) electrons. The van der Waals surface area contributed by atoms with E-state index >= 15 is 0 Å². The number of hydrogen-bond donors (Lipinski definition) is 2. The molecule has 1 atom stereocenters. The van der Waals surface area contributed by atoms with Crippen LogP contribution in [0.15, 0.2) is 77.7 Å². The normalized spacial score (nSPS) is 11.2. The maximum Gasteiger partial charge on any atom is 0.262 e. The van der Waals surface area contributed by atoms with Crippen LogP contribution in [0.2, 0.25) is 0 Å². The summed E-state index contributed by atoms with van der Waals surface area (Å²) in [5.74, 6) is 1.37. The van der Waals surface area contributed by atoms with Gasteiger partial charge in [-0.25, -0.2) is 0 Å². The second-order valence-electron chi connectivity index (χ2n) is 7.03. The molecule has 8 heteroatoms. The zero-order valence-corrected chi connectivity index (χ0v) is 19.5. The van der Waals surface area contributed by atoms with Gasteiger partial charge in [0.25, 0.3) is 5.91 Å². The van der Waals surface area contributed by atoms with E-state index in [9.17, 15) is 9.59 Å². The first-order valence-electron chi connectivity index (χ1n) is 10.2. The first-order valence-corrected chi connectivity index (χ1v) is 11.1. The fourth-order valence-electron chi connectivity index (χ4n) is 2.89. The van der Waals surface area contributed by atoms with Crippen LogP contribution in [-0.4, -0.2) is 37.9 Å². The zero-order valence-electron chi connectivity index (χ0n) is 18.7. The SMILES string of the molecule is COc1cc(NC(=O)C(C)Sc2cccc(NC(=O)COc3ccccc3)c2)cc(OC)c1. The van der Waals surface area contributed by atoms with Gasteiger partial charge in [-0.1, -0.05) is 24.3 Å². The van der Waals surface area contributed by atoms with E-state index in [-0.39, 0.29) is 23.7 Å². The standard InChI is InChI=1S/C25H26N2O5S/c1-17(25(29)27-19-12-21(30-2)15-22(13-19)31-3)33-23-11-7-8-18(14-23)26-24(28)16-32-20-9-5-4-6-10-20/h4-15,17H,16H2,1-3H3,(H,26,28)(H,27,29). The van der Waals surface area contributed by atoms with Crippen LogP contribution in [0.5, 0.6) is 17.2 Å². The van der Waals surface area contributed by atoms with E-state index in [4.69, 9.17) is 14.2 Å². The molecule has 0 aliphatic carbocycles. The molecule has 0 aromatic heterocycles. The topological polar surface area (TPSA) is 85.9 Å². The molecule has 0 saturated heterocycles. The van der Waals surface area contributed by atoms with Crippen LogP contribution in [0, 0.1) is 0 Å². The Hall–Kier alpha value is -3.65. The molecule has 3 aromatic rings.